The highest BCUT2D eigenvalue weighted by Gasteiger charge is 2.19. The first-order valence-corrected chi connectivity index (χ1v) is 10.5. The Morgan fingerprint density at radius 3 is 2.42 bits per heavy atom. The zero-order chi connectivity index (χ0) is 22.9. The first kappa shape index (κ1) is 22.8. The molecule has 0 saturated carbocycles. The lowest BCUT2D eigenvalue weighted by Gasteiger charge is -2.24. The summed E-state index contributed by atoms with van der Waals surface area (Å²) < 4.78 is 9.01. The molecule has 0 spiro atoms. The molecule has 9 heteroatoms. The van der Waals surface area contributed by atoms with Crippen molar-refractivity contribution in [2.45, 2.75) is 34.3 Å². The minimum Gasteiger partial charge on any atom is -0.489 e. The van der Waals surface area contributed by atoms with Crippen molar-refractivity contribution in [1.29, 1.82) is 0 Å². The van der Waals surface area contributed by atoms with Crippen molar-refractivity contribution < 1.29 is 9.53 Å². The minimum atomic E-state index is -0.525. The highest BCUT2D eigenvalue weighted by molar-refractivity contribution is 9.10. The molecule has 0 aliphatic carbocycles. The summed E-state index contributed by atoms with van der Waals surface area (Å²) in [6.45, 7) is 8.17. The number of aryl methyl sites for hydroxylation is 3. The summed E-state index contributed by atoms with van der Waals surface area (Å²) in [5, 5.41) is 6.55. The second kappa shape index (κ2) is 9.09. The van der Waals surface area contributed by atoms with E-state index in [1.165, 1.54) is 7.05 Å². The Labute approximate surface area is 190 Å². The molecular formula is C22H27BrN6O2. The fourth-order valence-corrected chi connectivity index (χ4v) is 3.57. The number of nitrogens with two attached hydrogens (primary N) is 2. The maximum atomic E-state index is 12.2. The van der Waals surface area contributed by atoms with Gasteiger partial charge in [-0.3, -0.25) is 5.01 Å². The van der Waals surface area contributed by atoms with E-state index in [-0.39, 0.29) is 6.61 Å². The molecule has 3 rings (SSSR count). The van der Waals surface area contributed by atoms with Gasteiger partial charge in [-0.2, -0.15) is 5.10 Å². The predicted molar refractivity (Wildman–Crippen MR) is 125 cm³/mol. The third-order valence-electron chi connectivity index (χ3n) is 5.13. The van der Waals surface area contributed by atoms with E-state index in [0.717, 1.165) is 54.0 Å². The van der Waals surface area contributed by atoms with Gasteiger partial charge in [-0.1, -0.05) is 12.1 Å². The Bertz CT molecular complexity index is 1130. The zero-order valence-corrected chi connectivity index (χ0v) is 19.9. The Balaban J connectivity index is 1.85. The number of aromatic nitrogens is 2. The number of amides is 2. The van der Waals surface area contributed by atoms with E-state index >= 15 is 0 Å². The van der Waals surface area contributed by atoms with Crippen LogP contribution in [0, 0.1) is 27.7 Å². The summed E-state index contributed by atoms with van der Waals surface area (Å²) in [5.41, 5.74) is 6.22. The summed E-state index contributed by atoms with van der Waals surface area (Å²) >= 11 is 3.57. The molecule has 0 unspecified atom stereocenters. The number of rotatable bonds is 5. The largest absolute Gasteiger partial charge is 0.489 e. The molecule has 8 nitrogen and oxygen atoms in total. The van der Waals surface area contributed by atoms with Gasteiger partial charge in [0.2, 0.25) is 0 Å². The fourth-order valence-electron chi connectivity index (χ4n) is 3.33. The molecule has 0 bridgehead atoms. The first-order chi connectivity index (χ1) is 14.6. The van der Waals surface area contributed by atoms with Gasteiger partial charge in [0.15, 0.2) is 0 Å². The highest BCUT2D eigenvalue weighted by Crippen LogP contribution is 2.28. The van der Waals surface area contributed by atoms with Crippen molar-refractivity contribution in [3.63, 3.8) is 0 Å². The number of carbonyl (C=O) groups excluding carboxylic acids is 1. The van der Waals surface area contributed by atoms with Gasteiger partial charge in [0.05, 0.1) is 27.2 Å². The molecule has 0 saturated heterocycles. The Morgan fingerprint density at radius 2 is 1.84 bits per heavy atom. The number of benzene rings is 2. The van der Waals surface area contributed by atoms with E-state index in [2.05, 4.69) is 21.0 Å². The lowest BCUT2D eigenvalue weighted by atomic mass is 10.1. The number of urea groups is 1. The van der Waals surface area contributed by atoms with Crippen LogP contribution < -0.4 is 21.4 Å². The predicted octanol–water partition coefficient (Wildman–Crippen LogP) is 4.05. The van der Waals surface area contributed by atoms with Gasteiger partial charge >= 0.3 is 6.03 Å². The van der Waals surface area contributed by atoms with E-state index in [9.17, 15) is 4.79 Å². The minimum absolute atomic E-state index is 0.253. The van der Waals surface area contributed by atoms with Crippen LogP contribution in [0.5, 0.6) is 5.75 Å². The van der Waals surface area contributed by atoms with Crippen LogP contribution in [0.2, 0.25) is 0 Å². The first-order valence-electron chi connectivity index (χ1n) is 9.73. The standard InChI is InChI=1S/C22H27BrN6O2/c1-13-7-6-8-19(28(25)22(30)27(5)24)18(13)12-31-20-10-9-17(11-14(20)2)29-16(4)21(23)15(3)26-29/h6-11H,12,24-25H2,1-5H3. The molecule has 4 N–H and O–H groups in total. The van der Waals surface area contributed by atoms with Crippen LogP contribution in [0.25, 0.3) is 5.69 Å². The molecule has 0 radical (unpaired) electrons. The van der Waals surface area contributed by atoms with Gasteiger partial charge < -0.3 is 4.74 Å². The van der Waals surface area contributed by atoms with Crippen LogP contribution in [0.15, 0.2) is 40.9 Å². The molecule has 0 aliphatic heterocycles. The van der Waals surface area contributed by atoms with E-state index in [0.29, 0.717) is 5.69 Å². The molecule has 2 amide bonds. The number of hydrazine groups is 2. The number of hydrogen-bond donors (Lipinski definition) is 2. The number of hydrogen-bond acceptors (Lipinski definition) is 5. The number of nitrogens with zero attached hydrogens (tertiary/aromatic N) is 4. The summed E-state index contributed by atoms with van der Waals surface area (Å²) in [7, 11) is 1.44. The smallest absolute Gasteiger partial charge is 0.352 e. The van der Waals surface area contributed by atoms with Crippen molar-refractivity contribution >= 4 is 27.6 Å². The summed E-state index contributed by atoms with van der Waals surface area (Å²) in [6.07, 6.45) is 0. The summed E-state index contributed by atoms with van der Waals surface area (Å²) in [6, 6.07) is 10.9. The maximum absolute atomic E-state index is 12.2. The second-order valence-electron chi connectivity index (χ2n) is 7.47. The Morgan fingerprint density at radius 1 is 1.13 bits per heavy atom. The van der Waals surface area contributed by atoms with Gasteiger partial charge in [0.1, 0.15) is 12.4 Å². The van der Waals surface area contributed by atoms with Crippen molar-refractivity contribution in [3.8, 4) is 11.4 Å². The Hall–Kier alpha value is -2.88. The topological polar surface area (TPSA) is 103 Å². The van der Waals surface area contributed by atoms with E-state index < -0.39 is 6.03 Å². The van der Waals surface area contributed by atoms with E-state index in [1.54, 1.807) is 6.07 Å². The van der Waals surface area contributed by atoms with Crippen LogP contribution >= 0.6 is 15.9 Å². The van der Waals surface area contributed by atoms with E-state index in [4.69, 9.17) is 16.4 Å². The van der Waals surface area contributed by atoms with Gasteiger partial charge in [-0.25, -0.2) is 26.2 Å². The van der Waals surface area contributed by atoms with Gasteiger partial charge in [0, 0.05) is 12.6 Å². The summed E-state index contributed by atoms with van der Waals surface area (Å²) in [4.78, 5) is 12.2. The molecule has 31 heavy (non-hydrogen) atoms. The van der Waals surface area contributed by atoms with Crippen molar-refractivity contribution in [3.05, 3.63) is 68.9 Å². The van der Waals surface area contributed by atoms with Gasteiger partial charge in [0.25, 0.3) is 0 Å². The van der Waals surface area contributed by atoms with Crippen LogP contribution in [-0.4, -0.2) is 27.9 Å². The molecule has 2 aromatic carbocycles. The molecule has 164 valence electrons. The van der Waals surface area contributed by atoms with Crippen molar-refractivity contribution in [1.82, 2.24) is 14.8 Å². The maximum Gasteiger partial charge on any atom is 0.352 e. The Kier molecular flexibility index (Phi) is 6.68. The lowest BCUT2D eigenvalue weighted by Crippen LogP contribution is -2.49. The lowest BCUT2D eigenvalue weighted by molar-refractivity contribution is 0.216. The second-order valence-corrected chi connectivity index (χ2v) is 8.26. The highest BCUT2D eigenvalue weighted by atomic mass is 79.9. The molecule has 0 aliphatic rings. The molecular weight excluding hydrogens is 460 g/mol. The van der Waals surface area contributed by atoms with Crippen LogP contribution in [0.1, 0.15) is 28.1 Å². The number of ether oxygens (including phenoxy) is 1. The summed E-state index contributed by atoms with van der Waals surface area (Å²) in [5.74, 6) is 12.3. The monoisotopic (exact) mass is 486 g/mol. The molecule has 1 aromatic heterocycles. The number of anilines is 1. The average molecular weight is 487 g/mol. The molecule has 0 fully saturated rings. The van der Waals surface area contributed by atoms with Crippen molar-refractivity contribution in [2.24, 2.45) is 11.7 Å². The number of carbonyl (C=O) groups is 1. The van der Waals surface area contributed by atoms with Gasteiger partial charge in [-0.15, -0.1) is 0 Å². The molecule has 3 aromatic rings. The van der Waals surface area contributed by atoms with Crippen LogP contribution in [-0.2, 0) is 6.61 Å². The van der Waals surface area contributed by atoms with Crippen LogP contribution in [0.4, 0.5) is 10.5 Å². The third kappa shape index (κ3) is 4.58. The number of halogens is 1. The zero-order valence-electron chi connectivity index (χ0n) is 18.3. The van der Waals surface area contributed by atoms with E-state index in [1.807, 2.05) is 62.7 Å². The van der Waals surface area contributed by atoms with Crippen molar-refractivity contribution in [2.75, 3.05) is 12.1 Å². The molecule has 1 heterocycles. The fraction of sp³-hybridized carbons (Fsp3) is 0.273. The molecule has 0 atom stereocenters. The SMILES string of the molecule is Cc1cc(-n2nc(C)c(Br)c2C)ccc1OCc1c(C)cccc1N(N)C(=O)N(C)N. The van der Waals surface area contributed by atoms with Gasteiger partial charge in [-0.05, 0) is 79.0 Å². The normalized spacial score (nSPS) is 10.8. The van der Waals surface area contributed by atoms with Crippen LogP contribution in [0.3, 0.4) is 0 Å². The quantitative estimate of drug-likeness (QED) is 0.321. The third-order valence-corrected chi connectivity index (χ3v) is 6.28. The average Bonchev–Trinajstić information content (AvgIpc) is 2.99.